The van der Waals surface area contributed by atoms with Crippen LogP contribution in [0, 0.1) is 13.8 Å². The smallest absolute Gasteiger partial charge is 0.351 e. The number of amides is 2. The average molecular weight is 2010 g/mol. The van der Waals surface area contributed by atoms with Crippen molar-refractivity contribution in [2.24, 2.45) is 0 Å². The van der Waals surface area contributed by atoms with E-state index in [4.69, 9.17) is 74.1 Å². The molecule has 12 fully saturated rings. The standard InChI is InChI=1S/2C25H33N4O6P.2C24H32N3O6P/c2*1-5-18-21(22(32-4)23(33-18)28-15-13-20(26-16(2)30)27-24(28)31)34-36-29-14-9-12-19(29)25(3,35-36)17-10-7-6-8-11-17;2*1-5-17-19(20(30-4)22(31-17)26-14-15(2)21(28)25-23(26)29)32-34-27-13-9-12-18(27)24(3,33-34)16-10-7-6-8-11-16/h2*6-8,10-11,13,15,18-19,21-23H,5,9,12,14H2,1-4H3,(H,26,27,30,31);2*6-8,10-11,14,17-20,22H,5,9,12-13H2,1-4H3,(H,25,28,29)/t18-,19+,21+,22?,23-,25-,36+;18-,19-,21+,22?,23-,25+,36-;17-,18+,19+,20?,22-,24-,34+;17-,18-,19+,20?,22-,24+,34-/m1111/s1. The average Bonchev–Trinajstić information content (AvgIpc) is 1.59. The lowest BCUT2D eigenvalue weighted by Crippen LogP contribution is -2.40. The van der Waals surface area contributed by atoms with E-state index < -0.39 is 164 Å². The van der Waals surface area contributed by atoms with Crippen LogP contribution in [0.2, 0.25) is 0 Å². The van der Waals surface area contributed by atoms with Crippen molar-refractivity contribution in [2.75, 3.05) is 65.3 Å². The minimum Gasteiger partial charge on any atom is -0.374 e. The van der Waals surface area contributed by atoms with Gasteiger partial charge in [0, 0.05) is 104 Å². The molecule has 12 aliphatic heterocycles. The molecule has 8 aromatic rings. The highest BCUT2D eigenvalue weighted by molar-refractivity contribution is 7.45. The van der Waals surface area contributed by atoms with Crippen LogP contribution in [-0.4, -0.2) is 221 Å². The van der Waals surface area contributed by atoms with Crippen LogP contribution in [0.4, 0.5) is 11.6 Å². The Morgan fingerprint density at radius 2 is 0.621 bits per heavy atom. The number of carbonyl (C=O) groups is 2. The first-order valence-electron chi connectivity index (χ1n) is 48.5. The lowest BCUT2D eigenvalue weighted by atomic mass is 9.87. The second-order valence-corrected chi connectivity index (χ2v) is 43.3. The molecular weight excluding hydrogens is 1880 g/mol. The van der Waals surface area contributed by atoms with Crippen molar-refractivity contribution < 1.29 is 83.7 Å². The van der Waals surface area contributed by atoms with Gasteiger partial charge in [0.2, 0.25) is 11.8 Å². The molecule has 20 rings (SSSR count). The van der Waals surface area contributed by atoms with Crippen LogP contribution >= 0.6 is 34.1 Å². The number of methoxy groups -OCH3 is 4. The molecule has 140 heavy (non-hydrogen) atoms. The first-order chi connectivity index (χ1) is 67.4. The molecule has 0 spiro atoms. The Morgan fingerprint density at radius 1 is 0.379 bits per heavy atom. The third kappa shape index (κ3) is 20.3. The molecule has 756 valence electrons. The highest BCUT2D eigenvalue weighted by Gasteiger charge is 2.64. The lowest BCUT2D eigenvalue weighted by molar-refractivity contribution is -0.115. The molecule has 4 aromatic carbocycles. The number of nitrogens with one attached hydrogen (secondary N) is 4. The number of aryl methyl sites for hydroxylation is 2. The Labute approximate surface area is 818 Å². The van der Waals surface area contributed by atoms with Crippen LogP contribution in [0.3, 0.4) is 0 Å². The highest BCUT2D eigenvalue weighted by Crippen LogP contribution is 2.69. The monoisotopic (exact) mass is 2010 g/mol. The second-order valence-electron chi connectivity index (χ2n) is 37.8. The van der Waals surface area contributed by atoms with E-state index in [1.54, 1.807) is 66.8 Å². The van der Waals surface area contributed by atoms with Gasteiger partial charge in [-0.05, 0) is 153 Å². The molecule has 0 bridgehead atoms. The van der Waals surface area contributed by atoms with Crippen LogP contribution in [0.1, 0.15) is 205 Å². The van der Waals surface area contributed by atoms with Gasteiger partial charge in [0.25, 0.3) is 45.2 Å². The highest BCUT2D eigenvalue weighted by atomic mass is 31.2. The molecule has 28 atom stereocenters. The van der Waals surface area contributed by atoms with Gasteiger partial charge in [-0.25, -0.2) is 37.9 Å². The second kappa shape index (κ2) is 44.0. The number of rotatable bonds is 26. The number of hydrogen-bond acceptors (Lipinski definition) is 30. The Kier molecular flexibility index (Phi) is 32.5. The van der Waals surface area contributed by atoms with Crippen LogP contribution in [0.25, 0.3) is 0 Å². The third-order valence-corrected chi connectivity index (χ3v) is 36.5. The van der Waals surface area contributed by atoms with Crippen LogP contribution < -0.4 is 44.5 Å². The zero-order valence-electron chi connectivity index (χ0n) is 81.9. The van der Waals surface area contributed by atoms with Gasteiger partial charge in [-0.3, -0.25) is 47.4 Å². The number of nitrogens with zero attached hydrogens (tertiary/aromatic N) is 10. The summed E-state index contributed by atoms with van der Waals surface area (Å²) in [7, 11) is 0.944. The normalized spacial score (nSPS) is 34.9. The number of aromatic amines is 2. The molecule has 4 N–H and O–H groups in total. The number of ether oxygens (including phenoxy) is 8. The van der Waals surface area contributed by atoms with E-state index in [0.717, 1.165) is 99.8 Å². The fourth-order valence-electron chi connectivity index (χ4n) is 21.7. The number of carbonyl (C=O) groups excluding carboxylic acids is 2. The number of fused-ring (bicyclic) bond motifs is 4. The van der Waals surface area contributed by atoms with Crippen molar-refractivity contribution in [1.29, 1.82) is 0 Å². The molecular formula is C98H130N14O24P4. The summed E-state index contributed by atoms with van der Waals surface area (Å²) in [5.74, 6) is -0.211. The first kappa shape index (κ1) is 103. The predicted octanol–water partition coefficient (Wildman–Crippen LogP) is 13.5. The van der Waals surface area contributed by atoms with Gasteiger partial charge in [-0.15, -0.1) is 0 Å². The lowest BCUT2D eigenvalue weighted by Gasteiger charge is -2.29. The van der Waals surface area contributed by atoms with Crippen molar-refractivity contribution in [3.63, 3.8) is 0 Å². The fourth-order valence-corrected chi connectivity index (χ4v) is 30.4. The zero-order valence-corrected chi connectivity index (χ0v) is 85.5. The SMILES string of the molecule is CC[C@H]1O[C@@H](n2cc(C)c(=O)[nH]c2=O)C(OC)[C@H]1O[P@@]1O[C@](C)(c2ccccc2)[C@@H]2CCCN21.CC[C@H]1O[C@@H](n2cc(C)c(=O)[nH]c2=O)C(OC)[C@H]1O[P@]1O[C@@](C)(c2ccccc2)[C@H]2CCCN21.CC[C@H]1O[C@@H](n2ccc(NC(C)=O)nc2=O)C(OC)[C@H]1O[P@@]1O[C@](C)(c2ccccc2)[C@@H]2CCCN21.CC[C@H]1O[C@@H](n2ccc(NC(C)=O)nc2=O)C(OC)[C@H]1O[P@]1O[C@@](C)(c2ccccc2)[C@H]2CCCN21. The first-order valence-corrected chi connectivity index (χ1v) is 53.0. The molecule has 4 unspecified atom stereocenters. The Morgan fingerprint density at radius 3 is 0.843 bits per heavy atom. The summed E-state index contributed by atoms with van der Waals surface area (Å²) in [6, 6.07) is 45.3. The summed E-state index contributed by atoms with van der Waals surface area (Å²) in [6.45, 7) is 26.4. The summed E-state index contributed by atoms with van der Waals surface area (Å²) < 4.78 is 117. The molecule has 16 heterocycles. The minimum atomic E-state index is -1.36. The number of benzene rings is 4. The molecule has 12 aliphatic rings. The van der Waals surface area contributed by atoms with Gasteiger partial charge in [-0.1, -0.05) is 149 Å². The van der Waals surface area contributed by atoms with E-state index in [1.807, 2.05) is 100 Å². The topological polar surface area (TPSA) is 398 Å². The van der Waals surface area contributed by atoms with Crippen molar-refractivity contribution >= 4 is 57.6 Å². The number of H-pyrrole nitrogens is 2. The molecule has 0 aliphatic carbocycles. The Bertz CT molecular complexity index is 5650. The zero-order chi connectivity index (χ0) is 99.0. The van der Waals surface area contributed by atoms with E-state index in [1.165, 1.54) is 44.5 Å². The van der Waals surface area contributed by atoms with E-state index in [-0.39, 0.29) is 72.0 Å². The maximum absolute atomic E-state index is 12.8. The fraction of sp³-hybridized carbons (Fsp3) is 0.571. The molecule has 4 aromatic heterocycles. The summed E-state index contributed by atoms with van der Waals surface area (Å²) in [4.78, 5) is 110. The van der Waals surface area contributed by atoms with Gasteiger partial charge in [0.05, 0.1) is 48.6 Å². The van der Waals surface area contributed by atoms with Crippen molar-refractivity contribution in [3.8, 4) is 0 Å². The van der Waals surface area contributed by atoms with Gasteiger partial charge in [0.15, 0.2) is 24.9 Å². The number of anilines is 2. The van der Waals surface area contributed by atoms with E-state index in [2.05, 4.69) is 125 Å². The van der Waals surface area contributed by atoms with Gasteiger partial charge >= 0.3 is 22.8 Å². The van der Waals surface area contributed by atoms with Gasteiger partial charge < -0.3 is 84.7 Å². The molecule has 12 saturated heterocycles. The molecule has 0 saturated carbocycles. The summed E-state index contributed by atoms with van der Waals surface area (Å²) >= 11 is 0. The predicted molar refractivity (Wildman–Crippen MR) is 523 cm³/mol. The number of hydrogen-bond donors (Lipinski definition) is 4. The summed E-state index contributed by atoms with van der Waals surface area (Å²) in [5, 5.41) is 5.06. The molecule has 2 amide bonds. The van der Waals surface area contributed by atoms with Crippen LogP contribution in [0.15, 0.2) is 187 Å². The molecule has 38 nitrogen and oxygen atoms in total. The largest absolute Gasteiger partial charge is 0.374 e. The van der Waals surface area contributed by atoms with Crippen molar-refractivity contribution in [2.45, 2.75) is 305 Å². The summed E-state index contributed by atoms with van der Waals surface area (Å²) in [5.41, 5.74) is 0.631. The van der Waals surface area contributed by atoms with Crippen LogP contribution in [0.5, 0.6) is 0 Å². The van der Waals surface area contributed by atoms with Crippen molar-refractivity contribution in [1.82, 2.24) is 56.9 Å². The van der Waals surface area contributed by atoms with Gasteiger partial charge in [-0.2, -0.15) is 9.97 Å². The van der Waals surface area contributed by atoms with E-state index in [0.29, 0.717) is 36.8 Å². The number of aromatic nitrogens is 8. The van der Waals surface area contributed by atoms with Gasteiger partial charge in [0.1, 0.15) is 82.9 Å². The molecule has 0 radical (unpaired) electrons. The maximum Gasteiger partial charge on any atom is 0.351 e. The maximum atomic E-state index is 12.8. The minimum absolute atomic E-state index is 0.193. The van der Waals surface area contributed by atoms with Crippen LogP contribution in [-0.2, 0) is 106 Å². The quantitative estimate of drug-likeness (QED) is 0.0366. The Balaban J connectivity index is 0.000000129. The third-order valence-electron chi connectivity index (χ3n) is 29.1. The Hall–Kier alpha value is -8.14. The van der Waals surface area contributed by atoms with E-state index in [9.17, 15) is 38.4 Å². The van der Waals surface area contributed by atoms with E-state index >= 15 is 0 Å². The summed E-state index contributed by atoms with van der Waals surface area (Å²) in [6.07, 6.45) is 9.54. The molecule has 42 heteroatoms. The van der Waals surface area contributed by atoms with Crippen molar-refractivity contribution in [3.05, 3.63) is 254 Å².